The van der Waals surface area contributed by atoms with E-state index in [1.165, 1.54) is 22.3 Å². The highest BCUT2D eigenvalue weighted by Gasteiger charge is 2.51. The van der Waals surface area contributed by atoms with Gasteiger partial charge in [0.2, 0.25) is 0 Å². The fraction of sp³-hybridized carbons (Fsp3) is 0.0652. The van der Waals surface area contributed by atoms with Gasteiger partial charge >= 0.3 is 0 Å². The van der Waals surface area contributed by atoms with Crippen molar-refractivity contribution in [1.29, 1.82) is 0 Å². The van der Waals surface area contributed by atoms with Gasteiger partial charge in [0.15, 0.2) is 5.82 Å². The Balaban J connectivity index is 1.18. The second-order valence-electron chi connectivity index (χ2n) is 13.2. The molecular weight excluding hydrogens is 611 g/mol. The summed E-state index contributed by atoms with van der Waals surface area (Å²) in [6.45, 7) is 4.08. The summed E-state index contributed by atoms with van der Waals surface area (Å²) in [6, 6.07) is 53.7. The van der Waals surface area contributed by atoms with Crippen LogP contribution in [0.3, 0.4) is 0 Å². The van der Waals surface area contributed by atoms with E-state index in [1.807, 2.05) is 13.0 Å². The molecule has 1 aliphatic heterocycles. The molecule has 0 bridgehead atoms. The molecule has 1 aliphatic carbocycles. The van der Waals surface area contributed by atoms with Crippen LogP contribution in [0.4, 0.5) is 0 Å². The van der Waals surface area contributed by atoms with Gasteiger partial charge in [0, 0.05) is 44.6 Å². The minimum absolute atomic E-state index is 0.544. The molecule has 0 radical (unpaired) electrons. The Hall–Kier alpha value is -6.39. The molecule has 236 valence electrons. The molecule has 0 saturated heterocycles. The van der Waals surface area contributed by atoms with E-state index in [0.29, 0.717) is 5.82 Å². The number of fused-ring (bicyclic) bond motifs is 10. The molecule has 10 rings (SSSR count). The van der Waals surface area contributed by atoms with E-state index < -0.39 is 5.41 Å². The van der Waals surface area contributed by atoms with Gasteiger partial charge in [-0.1, -0.05) is 121 Å². The van der Waals surface area contributed by atoms with Crippen LogP contribution < -0.4 is 4.74 Å². The molecule has 0 atom stereocenters. The first-order chi connectivity index (χ1) is 24.6. The number of para-hydroxylation sites is 3. The Morgan fingerprint density at radius 2 is 1.06 bits per heavy atom. The summed E-state index contributed by atoms with van der Waals surface area (Å²) in [5.74, 6) is 2.47. The molecule has 0 amide bonds. The Labute approximate surface area is 290 Å². The Kier molecular flexibility index (Phi) is 6.19. The van der Waals surface area contributed by atoms with Crippen LogP contribution >= 0.6 is 0 Å². The standard InChI is InChI=1S/C46H31N3O/c1-28-19-25-33(29(2)47-28)30-20-22-31(23-21-30)45-48-41-16-8-4-12-36(41)44(49-45)32-24-26-35-34-11-3-5-13-37(34)46(40(35)27-32)38-14-6-9-17-42(38)50-43-18-10-7-15-39(43)46/h3-27H,1-2H3. The largest absolute Gasteiger partial charge is 0.457 e. The molecule has 8 aromatic rings. The number of aromatic nitrogens is 3. The van der Waals surface area contributed by atoms with Crippen LogP contribution in [0.15, 0.2) is 152 Å². The van der Waals surface area contributed by atoms with Crippen molar-refractivity contribution >= 4 is 10.9 Å². The monoisotopic (exact) mass is 641 g/mol. The first kappa shape index (κ1) is 28.6. The van der Waals surface area contributed by atoms with Gasteiger partial charge in [-0.2, -0.15) is 0 Å². The third-order valence-electron chi connectivity index (χ3n) is 10.4. The summed E-state index contributed by atoms with van der Waals surface area (Å²) in [4.78, 5) is 15.1. The lowest BCUT2D eigenvalue weighted by atomic mass is 9.66. The predicted molar refractivity (Wildman–Crippen MR) is 200 cm³/mol. The second-order valence-corrected chi connectivity index (χ2v) is 13.2. The van der Waals surface area contributed by atoms with Crippen molar-refractivity contribution in [2.24, 2.45) is 0 Å². The molecule has 0 saturated carbocycles. The van der Waals surface area contributed by atoms with Crippen molar-refractivity contribution in [2.45, 2.75) is 19.3 Å². The number of nitrogens with zero attached hydrogens (tertiary/aromatic N) is 3. The Bertz CT molecular complexity index is 2610. The van der Waals surface area contributed by atoms with E-state index in [0.717, 1.165) is 72.9 Å². The second kappa shape index (κ2) is 10.8. The van der Waals surface area contributed by atoms with Gasteiger partial charge in [-0.05, 0) is 72.0 Å². The zero-order valence-corrected chi connectivity index (χ0v) is 27.7. The zero-order chi connectivity index (χ0) is 33.4. The van der Waals surface area contributed by atoms with Gasteiger partial charge in [-0.25, -0.2) is 9.97 Å². The smallest absolute Gasteiger partial charge is 0.160 e. The van der Waals surface area contributed by atoms with Crippen LogP contribution in [0.2, 0.25) is 0 Å². The summed E-state index contributed by atoms with van der Waals surface area (Å²) in [6.07, 6.45) is 0. The third-order valence-corrected chi connectivity index (χ3v) is 10.4. The SMILES string of the molecule is Cc1ccc(-c2ccc(-c3nc(-c4ccc5c(c4)C4(c6ccccc6Oc6ccccc64)c4ccccc4-5)c4ccccc4n3)cc2)c(C)n1. The Morgan fingerprint density at radius 3 is 1.82 bits per heavy atom. The highest BCUT2D eigenvalue weighted by atomic mass is 16.5. The third kappa shape index (κ3) is 4.08. The lowest BCUT2D eigenvalue weighted by molar-refractivity contribution is 0.436. The zero-order valence-electron chi connectivity index (χ0n) is 27.7. The van der Waals surface area contributed by atoms with Crippen molar-refractivity contribution in [3.05, 3.63) is 185 Å². The molecule has 0 fully saturated rings. The van der Waals surface area contributed by atoms with Crippen LogP contribution in [-0.2, 0) is 5.41 Å². The van der Waals surface area contributed by atoms with E-state index in [1.54, 1.807) is 0 Å². The van der Waals surface area contributed by atoms with Gasteiger partial charge in [-0.3, -0.25) is 4.98 Å². The quantitative estimate of drug-likeness (QED) is 0.193. The van der Waals surface area contributed by atoms with Crippen LogP contribution in [0, 0.1) is 13.8 Å². The molecule has 1 spiro atoms. The van der Waals surface area contributed by atoms with E-state index in [2.05, 4.69) is 158 Å². The topological polar surface area (TPSA) is 47.9 Å². The van der Waals surface area contributed by atoms with Gasteiger partial charge in [0.25, 0.3) is 0 Å². The van der Waals surface area contributed by atoms with E-state index in [-0.39, 0.29) is 0 Å². The fourth-order valence-electron chi connectivity index (χ4n) is 8.22. The first-order valence-corrected chi connectivity index (χ1v) is 17.0. The Morgan fingerprint density at radius 1 is 0.460 bits per heavy atom. The number of benzene rings is 6. The molecule has 3 heterocycles. The maximum Gasteiger partial charge on any atom is 0.160 e. The number of ether oxygens (including phenoxy) is 1. The fourth-order valence-corrected chi connectivity index (χ4v) is 8.22. The summed E-state index contributed by atoms with van der Waals surface area (Å²) in [5.41, 5.74) is 14.9. The molecule has 4 nitrogen and oxygen atoms in total. The molecule has 4 heteroatoms. The normalized spacial score (nSPS) is 13.3. The van der Waals surface area contributed by atoms with E-state index in [9.17, 15) is 0 Å². The van der Waals surface area contributed by atoms with E-state index >= 15 is 0 Å². The number of hydrogen-bond acceptors (Lipinski definition) is 4. The van der Waals surface area contributed by atoms with Crippen molar-refractivity contribution in [3.8, 4) is 56.4 Å². The van der Waals surface area contributed by atoms with Crippen molar-refractivity contribution in [2.75, 3.05) is 0 Å². The minimum Gasteiger partial charge on any atom is -0.457 e. The van der Waals surface area contributed by atoms with Gasteiger partial charge < -0.3 is 4.74 Å². The first-order valence-electron chi connectivity index (χ1n) is 17.0. The predicted octanol–water partition coefficient (Wildman–Crippen LogP) is 11.1. The van der Waals surface area contributed by atoms with Crippen LogP contribution in [0.1, 0.15) is 33.6 Å². The molecule has 2 aromatic heterocycles. The summed E-state index contributed by atoms with van der Waals surface area (Å²) < 4.78 is 6.56. The number of hydrogen-bond donors (Lipinski definition) is 0. The molecule has 0 unspecified atom stereocenters. The van der Waals surface area contributed by atoms with Crippen LogP contribution in [0.25, 0.3) is 55.8 Å². The van der Waals surface area contributed by atoms with Crippen molar-refractivity contribution in [1.82, 2.24) is 15.0 Å². The summed E-state index contributed by atoms with van der Waals surface area (Å²) in [5, 5.41) is 1.02. The summed E-state index contributed by atoms with van der Waals surface area (Å²) >= 11 is 0. The molecule has 6 aromatic carbocycles. The maximum atomic E-state index is 6.56. The van der Waals surface area contributed by atoms with Crippen molar-refractivity contribution in [3.63, 3.8) is 0 Å². The molecule has 0 N–H and O–H groups in total. The highest BCUT2D eigenvalue weighted by molar-refractivity contribution is 5.96. The lowest BCUT2D eigenvalue weighted by Gasteiger charge is -2.39. The number of aryl methyl sites for hydroxylation is 2. The van der Waals surface area contributed by atoms with Crippen molar-refractivity contribution < 1.29 is 4.74 Å². The van der Waals surface area contributed by atoms with E-state index in [4.69, 9.17) is 14.7 Å². The van der Waals surface area contributed by atoms with Gasteiger partial charge in [-0.15, -0.1) is 0 Å². The molecule has 2 aliphatic rings. The van der Waals surface area contributed by atoms with Crippen LogP contribution in [-0.4, -0.2) is 15.0 Å². The van der Waals surface area contributed by atoms with Gasteiger partial charge in [0.05, 0.1) is 16.6 Å². The minimum atomic E-state index is -0.544. The number of pyridine rings is 1. The molecular formula is C46H31N3O. The summed E-state index contributed by atoms with van der Waals surface area (Å²) in [7, 11) is 0. The van der Waals surface area contributed by atoms with Gasteiger partial charge in [0.1, 0.15) is 11.5 Å². The molecule has 50 heavy (non-hydrogen) atoms. The lowest BCUT2D eigenvalue weighted by Crippen LogP contribution is -2.32. The average Bonchev–Trinajstić information content (AvgIpc) is 3.44. The maximum absolute atomic E-state index is 6.56. The highest BCUT2D eigenvalue weighted by Crippen LogP contribution is 2.62. The number of rotatable bonds is 3. The van der Waals surface area contributed by atoms with Crippen LogP contribution in [0.5, 0.6) is 11.5 Å². The average molecular weight is 642 g/mol.